The lowest BCUT2D eigenvalue weighted by molar-refractivity contribution is -0.0602. The van der Waals surface area contributed by atoms with Crippen molar-refractivity contribution in [1.82, 2.24) is 19.8 Å². The monoisotopic (exact) mass is 716 g/mol. The molecular formula is C39H43ClF2N6OS. The number of hydrogen-bond donors (Lipinski definition) is 1. The molecule has 0 aliphatic carbocycles. The first-order valence-electron chi connectivity index (χ1n) is 18.0. The molecule has 1 N–H and O–H groups in total. The minimum atomic E-state index is -0.881. The molecule has 1 aromatic carbocycles. The maximum Gasteiger partial charge on any atom is 0.165 e. The van der Waals surface area contributed by atoms with Gasteiger partial charge in [0.15, 0.2) is 10.8 Å². The predicted octanol–water partition coefficient (Wildman–Crippen LogP) is 8.22. The highest BCUT2D eigenvalue weighted by Crippen LogP contribution is 2.47. The third kappa shape index (κ3) is 6.60. The summed E-state index contributed by atoms with van der Waals surface area (Å²) in [6.45, 7) is 3.43. The highest BCUT2D eigenvalue weighted by molar-refractivity contribution is 7.11. The largest absolute Gasteiger partial charge is 0.383 e. The molecule has 5 aliphatic heterocycles. The van der Waals surface area contributed by atoms with Crippen LogP contribution in [0.2, 0.25) is 5.02 Å². The lowest BCUT2D eigenvalue weighted by Crippen LogP contribution is -2.50. The number of thiazole rings is 1. The number of amidine groups is 1. The molecule has 3 fully saturated rings. The molecule has 0 saturated carbocycles. The van der Waals surface area contributed by atoms with Crippen LogP contribution in [0.3, 0.4) is 0 Å². The van der Waals surface area contributed by atoms with Gasteiger partial charge >= 0.3 is 0 Å². The summed E-state index contributed by atoms with van der Waals surface area (Å²) in [6, 6.07) is 10.5. The van der Waals surface area contributed by atoms with Crippen LogP contribution in [0.15, 0.2) is 87.6 Å². The first-order chi connectivity index (χ1) is 24.3. The normalized spacial score (nSPS) is 29.8. The number of pyridine rings is 1. The number of allylic oxidation sites excluding steroid dienone is 2. The molecule has 262 valence electrons. The van der Waals surface area contributed by atoms with Crippen LogP contribution >= 0.6 is 22.9 Å². The van der Waals surface area contributed by atoms with Crippen LogP contribution < -0.4 is 0 Å². The number of nitrogens with zero attached hydrogens (tertiary/aromatic N) is 6. The van der Waals surface area contributed by atoms with E-state index >= 15 is 0 Å². The average molecular weight is 717 g/mol. The Hall–Kier alpha value is -3.31. The number of aromatic nitrogens is 2. The van der Waals surface area contributed by atoms with Crippen molar-refractivity contribution in [3.63, 3.8) is 0 Å². The van der Waals surface area contributed by atoms with E-state index in [1.807, 2.05) is 29.7 Å². The number of aliphatic imine (C=N–C) groups is 2. The maximum atomic E-state index is 14.3. The van der Waals surface area contributed by atoms with Gasteiger partial charge in [-0.1, -0.05) is 29.8 Å². The van der Waals surface area contributed by atoms with Crippen molar-refractivity contribution in [1.29, 1.82) is 0 Å². The van der Waals surface area contributed by atoms with Gasteiger partial charge in [0, 0.05) is 58.3 Å². The Balaban J connectivity index is 1.05. The van der Waals surface area contributed by atoms with E-state index in [0.717, 1.165) is 91.4 Å². The summed E-state index contributed by atoms with van der Waals surface area (Å²) in [5.74, 6) is 0.826. The number of hydrogen-bond acceptors (Lipinski definition) is 8. The van der Waals surface area contributed by atoms with Crippen molar-refractivity contribution in [2.75, 3.05) is 13.1 Å². The van der Waals surface area contributed by atoms with Crippen molar-refractivity contribution in [3.8, 4) is 0 Å². The molecule has 3 aromatic rings. The second-order valence-corrected chi connectivity index (χ2v) is 15.9. The maximum absolute atomic E-state index is 14.3. The number of benzene rings is 1. The first-order valence-corrected chi connectivity index (χ1v) is 19.2. The van der Waals surface area contributed by atoms with E-state index in [9.17, 15) is 13.9 Å². The van der Waals surface area contributed by atoms with Crippen molar-refractivity contribution < 1.29 is 13.9 Å². The van der Waals surface area contributed by atoms with E-state index < -0.39 is 23.6 Å². The zero-order valence-corrected chi connectivity index (χ0v) is 29.8. The van der Waals surface area contributed by atoms with Crippen molar-refractivity contribution in [2.45, 2.75) is 101 Å². The van der Waals surface area contributed by atoms with Gasteiger partial charge < -0.3 is 10.0 Å². The van der Waals surface area contributed by atoms with Crippen LogP contribution in [0.25, 0.3) is 0 Å². The quantitative estimate of drug-likeness (QED) is 0.217. The van der Waals surface area contributed by atoms with Gasteiger partial charge in [-0.25, -0.2) is 13.8 Å². The van der Waals surface area contributed by atoms with Crippen LogP contribution in [-0.2, 0) is 5.60 Å². The molecule has 5 aliphatic rings. The van der Waals surface area contributed by atoms with E-state index in [1.54, 1.807) is 36.7 Å². The summed E-state index contributed by atoms with van der Waals surface area (Å²) in [7, 11) is 0. The Labute approximate surface area is 301 Å². The van der Waals surface area contributed by atoms with E-state index in [4.69, 9.17) is 21.6 Å². The van der Waals surface area contributed by atoms with E-state index in [1.165, 1.54) is 17.8 Å². The standard InChI is InChI=1S/C39H43ClF2N6OS/c1-24(41)7-9-27-10-14-32(45-27)35-33-19-25(5-4-17-47-28-11-12-29(47)22-39(49,21-28)34-6-2-3-15-43-34)23-48(33)37(38-44-16-18-50-38)46-36(35)30-13-8-26(42)20-31(30)40/h2-3,6,8,10,13-16,18,20,24-25,27-29,36,49H,4-5,7,9,11-12,17,19,21-23H2,1H3/t24?,25?,27?,28?,29?,36-,39?/m0/s1. The number of rotatable bonds is 11. The minimum Gasteiger partial charge on any atom is -0.383 e. The lowest BCUT2D eigenvalue weighted by Gasteiger charge is -2.43. The van der Waals surface area contributed by atoms with E-state index in [-0.39, 0.29) is 6.04 Å². The second kappa shape index (κ2) is 14.0. The Kier molecular flexibility index (Phi) is 9.48. The van der Waals surface area contributed by atoms with Crippen molar-refractivity contribution in [3.05, 3.63) is 105 Å². The van der Waals surface area contributed by atoms with Crippen LogP contribution in [-0.4, -0.2) is 73.8 Å². The van der Waals surface area contributed by atoms with Gasteiger partial charge in [0.1, 0.15) is 17.5 Å². The van der Waals surface area contributed by atoms with Gasteiger partial charge in [-0.15, -0.1) is 11.3 Å². The Morgan fingerprint density at radius 1 is 1.08 bits per heavy atom. The minimum absolute atomic E-state index is 0.0918. The molecule has 2 aromatic heterocycles. The Bertz CT molecular complexity index is 1810. The molecule has 3 saturated heterocycles. The Morgan fingerprint density at radius 3 is 2.64 bits per heavy atom. The second-order valence-electron chi connectivity index (χ2n) is 14.6. The topological polar surface area (TPSA) is 77.2 Å². The van der Waals surface area contributed by atoms with Gasteiger partial charge in [0.25, 0.3) is 0 Å². The molecule has 11 heteroatoms. The Morgan fingerprint density at radius 2 is 1.92 bits per heavy atom. The van der Waals surface area contributed by atoms with Crippen LogP contribution in [0.5, 0.6) is 0 Å². The van der Waals surface area contributed by atoms with E-state index in [2.05, 4.69) is 25.8 Å². The van der Waals surface area contributed by atoms with Gasteiger partial charge in [-0.05, 0) is 108 Å². The molecule has 0 amide bonds. The third-order valence-corrected chi connectivity index (χ3v) is 12.3. The highest BCUT2D eigenvalue weighted by Gasteiger charge is 2.49. The van der Waals surface area contributed by atoms with Gasteiger partial charge in [-0.2, -0.15) is 0 Å². The van der Waals surface area contributed by atoms with Crippen LogP contribution in [0, 0.1) is 11.7 Å². The molecule has 5 unspecified atom stereocenters. The molecular weight excluding hydrogens is 674 g/mol. The number of halogens is 3. The lowest BCUT2D eigenvalue weighted by atomic mass is 9.83. The molecule has 0 spiro atoms. The summed E-state index contributed by atoms with van der Waals surface area (Å²) in [6.07, 6.45) is 14.6. The number of fused-ring (bicyclic) bond motifs is 3. The van der Waals surface area contributed by atoms with E-state index in [0.29, 0.717) is 35.9 Å². The molecule has 2 bridgehead atoms. The molecule has 6 atom stereocenters. The summed E-state index contributed by atoms with van der Waals surface area (Å²) >= 11 is 8.29. The zero-order valence-electron chi connectivity index (χ0n) is 28.3. The van der Waals surface area contributed by atoms with Gasteiger partial charge in [0.2, 0.25) is 0 Å². The van der Waals surface area contributed by atoms with Crippen LogP contribution in [0.4, 0.5) is 8.78 Å². The average Bonchev–Trinajstić information content (AvgIpc) is 3.92. The fourth-order valence-electron chi connectivity index (χ4n) is 8.91. The van der Waals surface area contributed by atoms with Crippen molar-refractivity contribution >= 4 is 34.5 Å². The third-order valence-electron chi connectivity index (χ3n) is 11.2. The summed E-state index contributed by atoms with van der Waals surface area (Å²) < 4.78 is 28.0. The molecule has 50 heavy (non-hydrogen) atoms. The summed E-state index contributed by atoms with van der Waals surface area (Å²) in [4.78, 5) is 24.6. The fraction of sp³-hybridized carbons (Fsp3) is 0.487. The molecule has 0 radical (unpaired) electrons. The summed E-state index contributed by atoms with van der Waals surface area (Å²) in [5, 5.41) is 14.7. The number of alkyl halides is 1. The van der Waals surface area contributed by atoms with Gasteiger partial charge in [0.05, 0.1) is 23.6 Å². The fourth-order valence-corrected chi connectivity index (χ4v) is 9.82. The van der Waals surface area contributed by atoms with Crippen molar-refractivity contribution in [2.24, 2.45) is 15.9 Å². The molecule has 7 heterocycles. The molecule has 8 rings (SSSR count). The first kappa shape index (κ1) is 33.8. The smallest absolute Gasteiger partial charge is 0.165 e. The SMILES string of the molecule is CC(F)CCC1C=CC(C2=C3CC(CCCN4C5CCC4CC(O)(c4ccccn4)C5)CN3C(c3nccs3)=N[C@H]2c2ccc(F)cc2Cl)=N1. The number of piperidine rings is 1. The zero-order chi connectivity index (χ0) is 34.4. The van der Waals surface area contributed by atoms with Gasteiger partial charge in [-0.3, -0.25) is 19.9 Å². The molecule has 7 nitrogen and oxygen atoms in total. The number of aliphatic hydroxyl groups is 1. The predicted molar refractivity (Wildman–Crippen MR) is 195 cm³/mol. The summed E-state index contributed by atoms with van der Waals surface area (Å²) in [5.41, 5.74) is 3.69. The van der Waals surface area contributed by atoms with Crippen LogP contribution in [0.1, 0.15) is 87.0 Å². The highest BCUT2D eigenvalue weighted by atomic mass is 35.5.